The summed E-state index contributed by atoms with van der Waals surface area (Å²) in [5, 5.41) is 10.3. The summed E-state index contributed by atoms with van der Waals surface area (Å²) in [6.07, 6.45) is 5.00. The van der Waals surface area contributed by atoms with Crippen molar-refractivity contribution in [1.82, 2.24) is 0 Å². The molecule has 4 rings (SSSR count). The first-order valence-electron chi connectivity index (χ1n) is 5.39. The van der Waals surface area contributed by atoms with Gasteiger partial charge in [-0.1, -0.05) is 20.3 Å². The van der Waals surface area contributed by atoms with Crippen LogP contribution in [0.2, 0.25) is 0 Å². The van der Waals surface area contributed by atoms with Crippen LogP contribution >= 0.6 is 0 Å². The molecular weight excluding hydrogens is 148 g/mol. The molecule has 4 saturated carbocycles. The molecular formula is C11H18O. The fourth-order valence-corrected chi connectivity index (χ4v) is 4.87. The van der Waals surface area contributed by atoms with Crippen molar-refractivity contribution in [1.29, 1.82) is 0 Å². The van der Waals surface area contributed by atoms with E-state index in [0.717, 1.165) is 18.3 Å². The Morgan fingerprint density at radius 1 is 1.42 bits per heavy atom. The van der Waals surface area contributed by atoms with Crippen LogP contribution < -0.4 is 0 Å². The highest BCUT2D eigenvalue weighted by Gasteiger charge is 2.81. The summed E-state index contributed by atoms with van der Waals surface area (Å²) < 4.78 is 0. The first kappa shape index (κ1) is 7.37. The summed E-state index contributed by atoms with van der Waals surface area (Å²) >= 11 is 0. The topological polar surface area (TPSA) is 20.2 Å². The van der Waals surface area contributed by atoms with E-state index in [1.807, 2.05) is 0 Å². The second kappa shape index (κ2) is 1.75. The molecule has 0 saturated heterocycles. The van der Waals surface area contributed by atoms with Gasteiger partial charge in [-0.3, -0.25) is 0 Å². The van der Waals surface area contributed by atoms with Gasteiger partial charge in [-0.05, 0) is 37.0 Å². The SMILES string of the molecule is CCC1CC2[C@@H](C)C13CC[C@]23O. The molecule has 2 bridgehead atoms. The van der Waals surface area contributed by atoms with Crippen molar-refractivity contribution in [2.75, 3.05) is 0 Å². The standard InChI is InChI=1S/C11H18O/c1-3-8-6-9-7(2)10(8)4-5-11(9,10)12/h7-9,12H,3-6H2,1-2H3/t7-,8?,9?,10?,11+/m1/s1. The fourth-order valence-electron chi connectivity index (χ4n) is 4.87. The summed E-state index contributed by atoms with van der Waals surface area (Å²) in [6.45, 7) is 4.64. The van der Waals surface area contributed by atoms with Crippen molar-refractivity contribution < 1.29 is 5.11 Å². The van der Waals surface area contributed by atoms with Gasteiger partial charge in [-0.2, -0.15) is 0 Å². The summed E-state index contributed by atoms with van der Waals surface area (Å²) in [4.78, 5) is 0. The van der Waals surface area contributed by atoms with Crippen LogP contribution in [-0.4, -0.2) is 10.7 Å². The molecule has 0 radical (unpaired) electrons. The average molecular weight is 166 g/mol. The maximum atomic E-state index is 10.3. The van der Waals surface area contributed by atoms with Gasteiger partial charge in [0.05, 0.1) is 5.60 Å². The third-order valence-corrected chi connectivity index (χ3v) is 5.52. The molecule has 1 N–H and O–H groups in total. The van der Waals surface area contributed by atoms with E-state index in [1.165, 1.54) is 19.3 Å². The van der Waals surface area contributed by atoms with Crippen LogP contribution in [0.4, 0.5) is 0 Å². The Morgan fingerprint density at radius 2 is 2.17 bits per heavy atom. The minimum atomic E-state index is -0.187. The van der Waals surface area contributed by atoms with Crippen molar-refractivity contribution in [2.24, 2.45) is 23.2 Å². The molecule has 5 atom stereocenters. The van der Waals surface area contributed by atoms with Crippen molar-refractivity contribution in [3.63, 3.8) is 0 Å². The predicted molar refractivity (Wildman–Crippen MR) is 47.7 cm³/mol. The summed E-state index contributed by atoms with van der Waals surface area (Å²) in [5.41, 5.74) is 0.208. The Bertz CT molecular complexity index is 237. The first-order valence-corrected chi connectivity index (χ1v) is 5.39. The molecule has 1 spiro atoms. The minimum absolute atomic E-state index is 0.187. The molecule has 0 aromatic rings. The molecule has 4 fully saturated rings. The van der Waals surface area contributed by atoms with Crippen LogP contribution in [-0.2, 0) is 0 Å². The molecule has 12 heavy (non-hydrogen) atoms. The normalized spacial score (nSPS) is 66.8. The van der Waals surface area contributed by atoms with E-state index in [-0.39, 0.29) is 5.60 Å². The van der Waals surface area contributed by atoms with Crippen LogP contribution in [0.5, 0.6) is 0 Å². The number of rotatable bonds is 1. The lowest BCUT2D eigenvalue weighted by atomic mass is 9.38. The molecule has 0 aromatic carbocycles. The summed E-state index contributed by atoms with van der Waals surface area (Å²) in [6, 6.07) is 0. The third-order valence-electron chi connectivity index (χ3n) is 5.52. The van der Waals surface area contributed by atoms with Gasteiger partial charge in [0.25, 0.3) is 0 Å². The number of hydrogen-bond donors (Lipinski definition) is 1. The second-order valence-corrected chi connectivity index (χ2v) is 5.20. The Kier molecular flexibility index (Phi) is 1.07. The second-order valence-electron chi connectivity index (χ2n) is 5.20. The van der Waals surface area contributed by atoms with Crippen molar-refractivity contribution in [2.45, 2.75) is 45.1 Å². The van der Waals surface area contributed by atoms with Crippen LogP contribution in [0.25, 0.3) is 0 Å². The molecule has 0 aliphatic heterocycles. The molecule has 1 heteroatoms. The molecule has 68 valence electrons. The van der Waals surface area contributed by atoms with E-state index in [0.29, 0.717) is 11.3 Å². The minimum Gasteiger partial charge on any atom is -0.389 e. The molecule has 1 nitrogen and oxygen atoms in total. The van der Waals surface area contributed by atoms with Crippen molar-refractivity contribution >= 4 is 0 Å². The zero-order valence-electron chi connectivity index (χ0n) is 8.01. The Hall–Kier alpha value is -0.0400. The van der Waals surface area contributed by atoms with Gasteiger partial charge in [0.15, 0.2) is 0 Å². The van der Waals surface area contributed by atoms with Gasteiger partial charge in [0.1, 0.15) is 0 Å². The number of hydrogen-bond acceptors (Lipinski definition) is 1. The zero-order chi connectivity index (χ0) is 8.56. The average Bonchev–Trinajstić information content (AvgIpc) is 2.46. The number of aliphatic hydroxyl groups is 1. The van der Waals surface area contributed by atoms with Crippen molar-refractivity contribution in [3.05, 3.63) is 0 Å². The highest BCUT2D eigenvalue weighted by molar-refractivity contribution is 5.30. The largest absolute Gasteiger partial charge is 0.389 e. The smallest absolute Gasteiger partial charge is 0.0740 e. The molecule has 0 aromatic heterocycles. The van der Waals surface area contributed by atoms with Crippen LogP contribution in [0, 0.1) is 23.2 Å². The van der Waals surface area contributed by atoms with E-state index < -0.39 is 0 Å². The molecule has 4 aliphatic rings. The van der Waals surface area contributed by atoms with E-state index in [4.69, 9.17) is 0 Å². The lowest BCUT2D eigenvalue weighted by Crippen LogP contribution is -2.72. The van der Waals surface area contributed by atoms with Gasteiger partial charge in [-0.25, -0.2) is 0 Å². The van der Waals surface area contributed by atoms with Gasteiger partial charge >= 0.3 is 0 Å². The van der Waals surface area contributed by atoms with Gasteiger partial charge < -0.3 is 5.11 Å². The monoisotopic (exact) mass is 166 g/mol. The molecule has 3 unspecified atom stereocenters. The first-order chi connectivity index (χ1) is 5.67. The number of fused-ring (bicyclic) bond motifs is 1. The van der Waals surface area contributed by atoms with E-state index >= 15 is 0 Å². The Labute approximate surface area is 74.2 Å². The van der Waals surface area contributed by atoms with Gasteiger partial charge in [0, 0.05) is 5.41 Å². The molecule has 0 heterocycles. The molecule has 4 aliphatic carbocycles. The van der Waals surface area contributed by atoms with E-state index in [2.05, 4.69) is 13.8 Å². The van der Waals surface area contributed by atoms with Crippen LogP contribution in [0.15, 0.2) is 0 Å². The summed E-state index contributed by atoms with van der Waals surface area (Å²) in [7, 11) is 0. The Morgan fingerprint density at radius 3 is 2.42 bits per heavy atom. The zero-order valence-corrected chi connectivity index (χ0v) is 8.01. The highest BCUT2D eigenvalue weighted by Crippen LogP contribution is 2.81. The Balaban J connectivity index is 2.01. The highest BCUT2D eigenvalue weighted by atomic mass is 16.3. The summed E-state index contributed by atoms with van der Waals surface area (Å²) in [5.74, 6) is 2.33. The predicted octanol–water partition coefficient (Wildman–Crippen LogP) is 2.19. The lowest BCUT2D eigenvalue weighted by molar-refractivity contribution is -0.294. The maximum absolute atomic E-state index is 10.3. The van der Waals surface area contributed by atoms with Gasteiger partial charge in [-0.15, -0.1) is 0 Å². The molecule has 0 amide bonds. The van der Waals surface area contributed by atoms with E-state index in [1.54, 1.807) is 0 Å². The van der Waals surface area contributed by atoms with Crippen molar-refractivity contribution in [3.8, 4) is 0 Å². The quantitative estimate of drug-likeness (QED) is 0.633. The maximum Gasteiger partial charge on any atom is 0.0740 e. The fraction of sp³-hybridized carbons (Fsp3) is 1.00. The van der Waals surface area contributed by atoms with E-state index in [9.17, 15) is 5.11 Å². The van der Waals surface area contributed by atoms with Crippen LogP contribution in [0.1, 0.15) is 39.5 Å². The van der Waals surface area contributed by atoms with Gasteiger partial charge in [0.2, 0.25) is 0 Å². The third kappa shape index (κ3) is 0.414. The lowest BCUT2D eigenvalue weighted by Gasteiger charge is -2.69. The van der Waals surface area contributed by atoms with Crippen LogP contribution in [0.3, 0.4) is 0 Å².